The molecule has 0 amide bonds. The molecule has 0 saturated heterocycles. The molecule has 4 heteroatoms. The first kappa shape index (κ1) is 10.1. The van der Waals surface area contributed by atoms with Crippen molar-refractivity contribution in [3.8, 4) is 0 Å². The summed E-state index contributed by atoms with van der Waals surface area (Å²) in [7, 11) is 0. The number of aryl methyl sites for hydroxylation is 1. The van der Waals surface area contributed by atoms with Crippen LogP contribution in [0.5, 0.6) is 0 Å². The average Bonchev–Trinajstić information content (AvgIpc) is 2.56. The number of nitrogens with one attached hydrogen (secondary N) is 1. The summed E-state index contributed by atoms with van der Waals surface area (Å²) < 4.78 is 12.9. The first-order valence-corrected chi connectivity index (χ1v) is 5.05. The van der Waals surface area contributed by atoms with E-state index in [-0.39, 0.29) is 11.9 Å². The smallest absolute Gasteiger partial charge is 0.125 e. The molecule has 1 heterocycles. The number of nitrogens with two attached hydrogens (primary N) is 1. The van der Waals surface area contributed by atoms with Crippen LogP contribution in [0.1, 0.15) is 19.2 Å². The van der Waals surface area contributed by atoms with Crippen LogP contribution in [0.15, 0.2) is 18.2 Å². The molecule has 80 valence electrons. The molecule has 0 spiro atoms. The van der Waals surface area contributed by atoms with Gasteiger partial charge in [0.2, 0.25) is 0 Å². The van der Waals surface area contributed by atoms with Crippen molar-refractivity contribution >= 4 is 11.0 Å². The zero-order chi connectivity index (χ0) is 10.8. The Hall–Kier alpha value is -1.42. The number of imidazole rings is 1. The molecule has 1 aromatic carbocycles. The first-order chi connectivity index (χ1) is 7.15. The van der Waals surface area contributed by atoms with Gasteiger partial charge >= 0.3 is 0 Å². The van der Waals surface area contributed by atoms with E-state index in [0.29, 0.717) is 0 Å². The summed E-state index contributed by atoms with van der Waals surface area (Å²) in [5, 5.41) is 0. The van der Waals surface area contributed by atoms with Crippen LogP contribution in [0, 0.1) is 5.82 Å². The number of aromatic nitrogens is 2. The molecule has 1 aromatic heterocycles. The topological polar surface area (TPSA) is 54.7 Å². The quantitative estimate of drug-likeness (QED) is 0.808. The van der Waals surface area contributed by atoms with E-state index in [0.717, 1.165) is 29.7 Å². The van der Waals surface area contributed by atoms with Gasteiger partial charge in [-0.2, -0.15) is 0 Å². The minimum Gasteiger partial charge on any atom is -0.342 e. The zero-order valence-corrected chi connectivity index (χ0v) is 8.63. The number of fused-ring (bicyclic) bond motifs is 1. The molecule has 0 bridgehead atoms. The van der Waals surface area contributed by atoms with E-state index >= 15 is 0 Å². The van der Waals surface area contributed by atoms with Crippen molar-refractivity contribution in [1.29, 1.82) is 0 Å². The summed E-state index contributed by atoms with van der Waals surface area (Å²) in [4.78, 5) is 7.43. The number of benzene rings is 1. The Labute approximate surface area is 87.5 Å². The van der Waals surface area contributed by atoms with E-state index in [1.165, 1.54) is 12.1 Å². The Kier molecular flexibility index (Phi) is 2.68. The third-order valence-corrected chi connectivity index (χ3v) is 2.33. The molecule has 2 rings (SSSR count). The Balaban J connectivity index is 2.23. The van der Waals surface area contributed by atoms with Crippen LogP contribution in [0.25, 0.3) is 11.0 Å². The third kappa shape index (κ3) is 2.33. The summed E-state index contributed by atoms with van der Waals surface area (Å²) >= 11 is 0. The fourth-order valence-electron chi connectivity index (χ4n) is 1.52. The Morgan fingerprint density at radius 1 is 1.53 bits per heavy atom. The Morgan fingerprint density at radius 2 is 2.33 bits per heavy atom. The van der Waals surface area contributed by atoms with Gasteiger partial charge in [-0.1, -0.05) is 0 Å². The van der Waals surface area contributed by atoms with Gasteiger partial charge in [-0.15, -0.1) is 0 Å². The second kappa shape index (κ2) is 3.98. The number of aromatic amines is 1. The number of hydrogen-bond acceptors (Lipinski definition) is 2. The first-order valence-electron chi connectivity index (χ1n) is 5.05. The summed E-state index contributed by atoms with van der Waals surface area (Å²) in [6.07, 6.45) is 1.68. The van der Waals surface area contributed by atoms with Crippen LogP contribution >= 0.6 is 0 Å². The van der Waals surface area contributed by atoms with Gasteiger partial charge in [-0.25, -0.2) is 9.37 Å². The number of hydrogen-bond donors (Lipinski definition) is 2. The third-order valence-electron chi connectivity index (χ3n) is 2.33. The molecule has 0 aliphatic carbocycles. The van der Waals surface area contributed by atoms with E-state index in [4.69, 9.17) is 5.73 Å². The van der Waals surface area contributed by atoms with Crippen LogP contribution in [0.3, 0.4) is 0 Å². The van der Waals surface area contributed by atoms with Crippen LogP contribution in [-0.4, -0.2) is 16.0 Å². The Bertz CT molecular complexity index is 462. The highest BCUT2D eigenvalue weighted by Crippen LogP contribution is 2.13. The molecular weight excluding hydrogens is 193 g/mol. The molecule has 2 aromatic rings. The lowest BCUT2D eigenvalue weighted by Gasteiger charge is -2.00. The molecule has 0 aliphatic heterocycles. The summed E-state index contributed by atoms with van der Waals surface area (Å²) in [5.41, 5.74) is 7.20. The van der Waals surface area contributed by atoms with Gasteiger partial charge in [0.1, 0.15) is 11.6 Å². The van der Waals surface area contributed by atoms with Gasteiger partial charge < -0.3 is 10.7 Å². The molecule has 0 fully saturated rings. The van der Waals surface area contributed by atoms with Gasteiger partial charge in [0.25, 0.3) is 0 Å². The standard InChI is InChI=1S/C11H14FN3/c1-7(13)2-5-11-14-9-4-3-8(12)6-10(9)15-11/h3-4,6-7H,2,5,13H2,1H3,(H,14,15). The highest BCUT2D eigenvalue weighted by molar-refractivity contribution is 5.74. The van der Waals surface area contributed by atoms with Crippen LogP contribution in [-0.2, 0) is 6.42 Å². The van der Waals surface area contributed by atoms with E-state index in [9.17, 15) is 4.39 Å². The number of rotatable bonds is 3. The van der Waals surface area contributed by atoms with Crippen LogP contribution in [0.4, 0.5) is 4.39 Å². The molecule has 0 saturated carbocycles. The van der Waals surface area contributed by atoms with Crippen molar-refractivity contribution < 1.29 is 4.39 Å². The van der Waals surface area contributed by atoms with Gasteiger partial charge in [0.15, 0.2) is 0 Å². The second-order valence-electron chi connectivity index (χ2n) is 3.86. The normalized spacial score (nSPS) is 13.3. The van der Waals surface area contributed by atoms with Crippen LogP contribution < -0.4 is 5.73 Å². The van der Waals surface area contributed by atoms with Crippen molar-refractivity contribution in [3.05, 3.63) is 29.8 Å². The Morgan fingerprint density at radius 3 is 3.07 bits per heavy atom. The lowest BCUT2D eigenvalue weighted by atomic mass is 10.2. The number of halogens is 1. The summed E-state index contributed by atoms with van der Waals surface area (Å²) in [5.74, 6) is 0.623. The fraction of sp³-hybridized carbons (Fsp3) is 0.364. The molecular formula is C11H14FN3. The van der Waals surface area contributed by atoms with E-state index in [1.807, 2.05) is 6.92 Å². The van der Waals surface area contributed by atoms with Gasteiger partial charge in [0, 0.05) is 12.5 Å². The lowest BCUT2D eigenvalue weighted by molar-refractivity contribution is 0.629. The maximum atomic E-state index is 12.9. The predicted octanol–water partition coefficient (Wildman–Crippen LogP) is 1.98. The van der Waals surface area contributed by atoms with Crippen molar-refractivity contribution in [2.24, 2.45) is 5.73 Å². The van der Waals surface area contributed by atoms with Crippen molar-refractivity contribution in [2.75, 3.05) is 0 Å². The van der Waals surface area contributed by atoms with E-state index in [1.54, 1.807) is 6.07 Å². The minimum atomic E-state index is -0.245. The maximum absolute atomic E-state index is 12.9. The molecule has 3 N–H and O–H groups in total. The van der Waals surface area contributed by atoms with Gasteiger partial charge in [-0.05, 0) is 31.5 Å². The SMILES string of the molecule is CC(N)CCc1nc2ccc(F)cc2[nH]1. The zero-order valence-electron chi connectivity index (χ0n) is 8.63. The predicted molar refractivity (Wildman–Crippen MR) is 58.0 cm³/mol. The van der Waals surface area contributed by atoms with E-state index in [2.05, 4.69) is 9.97 Å². The molecule has 1 atom stereocenters. The molecule has 0 radical (unpaired) electrons. The van der Waals surface area contributed by atoms with Gasteiger partial charge in [-0.3, -0.25) is 0 Å². The number of nitrogens with zero attached hydrogens (tertiary/aromatic N) is 1. The highest BCUT2D eigenvalue weighted by atomic mass is 19.1. The van der Waals surface area contributed by atoms with Crippen molar-refractivity contribution in [2.45, 2.75) is 25.8 Å². The largest absolute Gasteiger partial charge is 0.342 e. The summed E-state index contributed by atoms with van der Waals surface area (Å²) in [6.45, 7) is 1.96. The monoisotopic (exact) mass is 207 g/mol. The fourth-order valence-corrected chi connectivity index (χ4v) is 1.52. The van der Waals surface area contributed by atoms with Crippen molar-refractivity contribution in [3.63, 3.8) is 0 Å². The average molecular weight is 207 g/mol. The van der Waals surface area contributed by atoms with Gasteiger partial charge in [0.05, 0.1) is 11.0 Å². The van der Waals surface area contributed by atoms with Crippen molar-refractivity contribution in [1.82, 2.24) is 9.97 Å². The van der Waals surface area contributed by atoms with Crippen LogP contribution in [0.2, 0.25) is 0 Å². The highest BCUT2D eigenvalue weighted by Gasteiger charge is 2.04. The lowest BCUT2D eigenvalue weighted by Crippen LogP contribution is -2.15. The molecule has 1 unspecified atom stereocenters. The number of H-pyrrole nitrogens is 1. The second-order valence-corrected chi connectivity index (χ2v) is 3.86. The summed E-state index contributed by atoms with van der Waals surface area (Å²) in [6, 6.07) is 4.71. The molecule has 3 nitrogen and oxygen atoms in total. The molecule has 0 aliphatic rings. The maximum Gasteiger partial charge on any atom is 0.125 e. The minimum absolute atomic E-state index is 0.162. The van der Waals surface area contributed by atoms with E-state index < -0.39 is 0 Å². The molecule has 15 heavy (non-hydrogen) atoms.